The molecule has 168 valence electrons. The molecular weight excluding hydrogens is 457 g/mol. The monoisotopic (exact) mass is 477 g/mol. The molecule has 0 aliphatic heterocycles. The van der Waals surface area contributed by atoms with E-state index in [0.717, 1.165) is 21.8 Å². The van der Waals surface area contributed by atoms with Crippen molar-refractivity contribution < 1.29 is 27.1 Å². The van der Waals surface area contributed by atoms with Crippen molar-refractivity contribution in [2.75, 3.05) is 7.11 Å². The van der Waals surface area contributed by atoms with Crippen molar-refractivity contribution in [1.82, 2.24) is 15.6 Å². The van der Waals surface area contributed by atoms with Gasteiger partial charge in [0.25, 0.3) is 11.8 Å². The average molecular weight is 478 g/mol. The van der Waals surface area contributed by atoms with E-state index in [1.54, 1.807) is 24.3 Å². The number of rotatable bonds is 7. The summed E-state index contributed by atoms with van der Waals surface area (Å²) in [5.41, 5.74) is 5.21. The van der Waals surface area contributed by atoms with Gasteiger partial charge in [-0.2, -0.15) is 4.72 Å². The van der Waals surface area contributed by atoms with Gasteiger partial charge in [-0.3, -0.25) is 20.4 Å². The van der Waals surface area contributed by atoms with Crippen LogP contribution in [0.5, 0.6) is 5.75 Å². The highest BCUT2D eigenvalue weighted by Crippen LogP contribution is 2.28. The Kier molecular flexibility index (Phi) is 7.23. The van der Waals surface area contributed by atoms with Crippen LogP contribution in [0.3, 0.4) is 0 Å². The van der Waals surface area contributed by atoms with E-state index in [9.17, 15) is 22.4 Å². The highest BCUT2D eigenvalue weighted by atomic mass is 32.2. The maximum absolute atomic E-state index is 13.1. The molecule has 0 unspecified atom stereocenters. The minimum atomic E-state index is -3.95. The van der Waals surface area contributed by atoms with Crippen molar-refractivity contribution in [3.05, 3.63) is 71.4 Å². The zero-order chi connectivity index (χ0) is 23.3. The third-order valence-corrected chi connectivity index (χ3v) is 7.04. The maximum atomic E-state index is 13.1. The van der Waals surface area contributed by atoms with Crippen LogP contribution in [0.2, 0.25) is 0 Å². The van der Waals surface area contributed by atoms with Crippen molar-refractivity contribution in [3.63, 3.8) is 0 Å². The second kappa shape index (κ2) is 9.90. The smallest absolute Gasteiger partial charge is 0.279 e. The number of sulfonamides is 1. The Labute approximate surface area is 188 Å². The number of nitrogens with one attached hydrogen (secondary N) is 3. The molecule has 0 saturated carbocycles. The SMILES string of the molecule is COc1ccc(S(=O)(=O)N[C@@H](C)C(=O)NNC(=O)c2ccc(-c3ccc(F)cc3)s2)cc1. The number of hydrazine groups is 1. The Bertz CT molecular complexity index is 1210. The molecule has 3 N–H and O–H groups in total. The molecule has 1 aromatic heterocycles. The number of methoxy groups -OCH3 is 1. The van der Waals surface area contributed by atoms with E-state index in [0.29, 0.717) is 10.6 Å². The van der Waals surface area contributed by atoms with Gasteiger partial charge in [0, 0.05) is 4.88 Å². The third-order valence-electron chi connectivity index (χ3n) is 4.35. The molecule has 0 bridgehead atoms. The summed E-state index contributed by atoms with van der Waals surface area (Å²) in [6.07, 6.45) is 0. The molecule has 2 aromatic carbocycles. The number of carbonyl (C=O) groups is 2. The molecule has 0 fully saturated rings. The number of halogens is 1. The van der Waals surface area contributed by atoms with E-state index in [2.05, 4.69) is 15.6 Å². The second-order valence-corrected chi connectivity index (χ2v) is 9.43. The van der Waals surface area contributed by atoms with Crippen LogP contribution in [0.25, 0.3) is 10.4 Å². The average Bonchev–Trinajstić information content (AvgIpc) is 3.28. The van der Waals surface area contributed by atoms with Crippen molar-refractivity contribution in [3.8, 4) is 16.2 Å². The molecule has 3 aromatic rings. The summed E-state index contributed by atoms with van der Waals surface area (Å²) < 4.78 is 45.1. The molecule has 3 rings (SSSR count). The summed E-state index contributed by atoms with van der Waals surface area (Å²) in [6, 6.07) is 13.6. The molecule has 2 amide bonds. The number of hydrogen-bond donors (Lipinski definition) is 3. The Morgan fingerprint density at radius 3 is 2.25 bits per heavy atom. The summed E-state index contributed by atoms with van der Waals surface area (Å²) >= 11 is 1.16. The summed E-state index contributed by atoms with van der Waals surface area (Å²) in [6.45, 7) is 1.35. The number of benzene rings is 2. The van der Waals surface area contributed by atoms with Gasteiger partial charge < -0.3 is 4.74 Å². The normalized spacial score (nSPS) is 12.1. The quantitative estimate of drug-likeness (QED) is 0.453. The predicted octanol–water partition coefficient (Wildman–Crippen LogP) is 2.69. The largest absolute Gasteiger partial charge is 0.497 e. The number of hydrogen-bond acceptors (Lipinski definition) is 6. The summed E-state index contributed by atoms with van der Waals surface area (Å²) in [4.78, 5) is 25.6. The number of thiophene rings is 1. The van der Waals surface area contributed by atoms with Gasteiger partial charge in [-0.1, -0.05) is 12.1 Å². The minimum absolute atomic E-state index is 0.0334. The fourth-order valence-corrected chi connectivity index (χ4v) is 4.74. The van der Waals surface area contributed by atoms with Crippen LogP contribution >= 0.6 is 11.3 Å². The molecular formula is C21H20FN3O5S2. The van der Waals surface area contributed by atoms with E-state index >= 15 is 0 Å². The first-order valence-corrected chi connectivity index (χ1v) is 11.6. The molecule has 0 radical (unpaired) electrons. The van der Waals surface area contributed by atoms with Gasteiger partial charge in [-0.15, -0.1) is 11.3 Å². The van der Waals surface area contributed by atoms with Crippen molar-refractivity contribution in [1.29, 1.82) is 0 Å². The maximum Gasteiger partial charge on any atom is 0.279 e. The molecule has 0 aliphatic rings. The fourth-order valence-electron chi connectivity index (χ4n) is 2.63. The molecule has 32 heavy (non-hydrogen) atoms. The highest BCUT2D eigenvalue weighted by Gasteiger charge is 2.22. The van der Waals surface area contributed by atoms with Crippen molar-refractivity contribution in [2.45, 2.75) is 17.9 Å². The van der Waals surface area contributed by atoms with Crippen LogP contribution in [0.4, 0.5) is 4.39 Å². The first-order chi connectivity index (χ1) is 15.2. The molecule has 8 nitrogen and oxygen atoms in total. The van der Waals surface area contributed by atoms with E-state index < -0.39 is 27.9 Å². The van der Waals surface area contributed by atoms with Crippen LogP contribution in [0.1, 0.15) is 16.6 Å². The summed E-state index contributed by atoms with van der Waals surface area (Å²) in [5.74, 6) is -1.18. The molecule has 1 atom stereocenters. The standard InChI is InChI=1S/C21H20FN3O5S2/c1-13(25-32(28,29)17-9-7-16(30-2)8-10-17)20(26)23-24-21(27)19-12-11-18(31-19)14-3-5-15(22)6-4-14/h3-13,25H,1-2H3,(H,23,26)(H,24,27)/t13-/m0/s1. The highest BCUT2D eigenvalue weighted by molar-refractivity contribution is 7.89. The Morgan fingerprint density at radius 2 is 1.62 bits per heavy atom. The van der Waals surface area contributed by atoms with E-state index in [-0.39, 0.29) is 10.7 Å². The Hall–Kier alpha value is -3.28. The Balaban J connectivity index is 1.56. The molecule has 11 heteroatoms. The second-order valence-electron chi connectivity index (χ2n) is 6.63. The van der Waals surface area contributed by atoms with E-state index in [4.69, 9.17) is 4.74 Å². The summed E-state index contributed by atoms with van der Waals surface area (Å²) in [7, 11) is -2.49. The lowest BCUT2D eigenvalue weighted by molar-refractivity contribution is -0.123. The third kappa shape index (κ3) is 5.69. The lowest BCUT2D eigenvalue weighted by atomic mass is 10.2. The Morgan fingerprint density at radius 1 is 0.969 bits per heavy atom. The topological polar surface area (TPSA) is 114 Å². The number of ether oxygens (including phenoxy) is 1. The van der Waals surface area contributed by atoms with E-state index in [1.165, 1.54) is 50.4 Å². The van der Waals surface area contributed by atoms with Crippen LogP contribution in [-0.2, 0) is 14.8 Å². The minimum Gasteiger partial charge on any atom is -0.497 e. The van der Waals surface area contributed by atoms with Crippen LogP contribution in [-0.4, -0.2) is 33.4 Å². The van der Waals surface area contributed by atoms with Gasteiger partial charge in [0.1, 0.15) is 11.6 Å². The molecule has 1 heterocycles. The lowest BCUT2D eigenvalue weighted by Gasteiger charge is -2.15. The van der Waals surface area contributed by atoms with E-state index in [1.807, 2.05) is 0 Å². The van der Waals surface area contributed by atoms with Gasteiger partial charge in [0.05, 0.1) is 22.9 Å². The number of carbonyl (C=O) groups excluding carboxylic acids is 2. The van der Waals surface area contributed by atoms with Crippen LogP contribution < -0.4 is 20.3 Å². The zero-order valence-corrected chi connectivity index (χ0v) is 18.7. The van der Waals surface area contributed by atoms with Crippen LogP contribution in [0.15, 0.2) is 65.6 Å². The number of amides is 2. The first kappa shape index (κ1) is 23.4. The van der Waals surface area contributed by atoms with Crippen molar-refractivity contribution >= 4 is 33.2 Å². The molecule has 0 spiro atoms. The van der Waals surface area contributed by atoms with Gasteiger partial charge in [0.2, 0.25) is 10.0 Å². The van der Waals surface area contributed by atoms with Crippen molar-refractivity contribution in [2.24, 2.45) is 0 Å². The van der Waals surface area contributed by atoms with Gasteiger partial charge in [-0.05, 0) is 61.0 Å². The summed E-state index contributed by atoms with van der Waals surface area (Å²) in [5, 5.41) is 0. The molecule has 0 aliphatic carbocycles. The lowest BCUT2D eigenvalue weighted by Crippen LogP contribution is -2.50. The molecule has 0 saturated heterocycles. The predicted molar refractivity (Wildman–Crippen MR) is 118 cm³/mol. The van der Waals surface area contributed by atoms with Gasteiger partial charge in [0.15, 0.2) is 0 Å². The van der Waals surface area contributed by atoms with Gasteiger partial charge >= 0.3 is 0 Å². The fraction of sp³-hybridized carbons (Fsp3) is 0.143. The van der Waals surface area contributed by atoms with Crippen LogP contribution in [0, 0.1) is 5.82 Å². The first-order valence-electron chi connectivity index (χ1n) is 9.32. The zero-order valence-electron chi connectivity index (χ0n) is 17.1. The van der Waals surface area contributed by atoms with Gasteiger partial charge in [-0.25, -0.2) is 12.8 Å².